The van der Waals surface area contributed by atoms with E-state index in [1.807, 2.05) is 72.8 Å². The number of ketones is 2. The van der Waals surface area contributed by atoms with E-state index in [1.165, 1.54) is 11.8 Å². The average Bonchev–Trinajstić information content (AvgIpc) is 2.87. The van der Waals surface area contributed by atoms with Crippen LogP contribution in [0, 0.1) is 0 Å². The van der Waals surface area contributed by atoms with Gasteiger partial charge in [-0.25, -0.2) is 0 Å². The van der Waals surface area contributed by atoms with Crippen molar-refractivity contribution in [2.45, 2.75) is 46.3 Å². The van der Waals surface area contributed by atoms with Gasteiger partial charge in [-0.1, -0.05) is 85.9 Å². The van der Waals surface area contributed by atoms with Gasteiger partial charge in [0.1, 0.15) is 0 Å². The lowest BCUT2D eigenvalue weighted by atomic mass is 9.79. The predicted molar refractivity (Wildman–Crippen MR) is 140 cm³/mol. The van der Waals surface area contributed by atoms with Crippen LogP contribution < -0.4 is 0 Å². The molecule has 0 aromatic heterocycles. The topological polar surface area (TPSA) is 34.1 Å². The molecule has 0 fully saturated rings. The van der Waals surface area contributed by atoms with Gasteiger partial charge in [-0.05, 0) is 60.4 Å². The molecule has 0 spiro atoms. The molecule has 1 aliphatic rings. The quantitative estimate of drug-likeness (QED) is 0.247. The van der Waals surface area contributed by atoms with E-state index in [0.29, 0.717) is 28.7 Å². The minimum atomic E-state index is -0.0561. The smallest absolute Gasteiger partial charge is 0.196 e. The third-order valence-electron chi connectivity index (χ3n) is 6.12. The van der Waals surface area contributed by atoms with Crippen LogP contribution in [0.15, 0.2) is 105 Å². The summed E-state index contributed by atoms with van der Waals surface area (Å²) in [6.07, 6.45) is 1.53. The van der Waals surface area contributed by atoms with E-state index in [9.17, 15) is 9.59 Å². The summed E-state index contributed by atoms with van der Waals surface area (Å²) in [5.74, 6) is -0.0958. The Hall–Kier alpha value is -3.08. The van der Waals surface area contributed by atoms with Gasteiger partial charge in [-0.15, -0.1) is 0 Å². The van der Waals surface area contributed by atoms with Crippen molar-refractivity contribution in [1.82, 2.24) is 0 Å². The van der Waals surface area contributed by atoms with E-state index in [2.05, 4.69) is 19.9 Å². The molecule has 0 N–H and O–H groups in total. The number of hydrogen-bond donors (Lipinski definition) is 0. The first-order valence-corrected chi connectivity index (χ1v) is 13.1. The minimum absolute atomic E-state index is 0.0397. The maximum absolute atomic E-state index is 14.2. The molecule has 1 aliphatic carbocycles. The number of hydrogen-bond acceptors (Lipinski definition) is 4. The summed E-state index contributed by atoms with van der Waals surface area (Å²) in [4.78, 5) is 31.9. The summed E-state index contributed by atoms with van der Waals surface area (Å²) in [7, 11) is 0. The summed E-state index contributed by atoms with van der Waals surface area (Å²) in [6, 6.07) is 27.8. The second-order valence-electron chi connectivity index (χ2n) is 8.14. The first kappa shape index (κ1) is 22.7. The van der Waals surface area contributed by atoms with Crippen molar-refractivity contribution >= 4 is 35.1 Å². The van der Waals surface area contributed by atoms with Gasteiger partial charge in [-0.2, -0.15) is 0 Å². The van der Waals surface area contributed by atoms with Gasteiger partial charge in [0, 0.05) is 41.8 Å². The first-order chi connectivity index (χ1) is 16.6. The van der Waals surface area contributed by atoms with Crippen molar-refractivity contribution in [2.75, 3.05) is 0 Å². The summed E-state index contributed by atoms with van der Waals surface area (Å²) >= 11 is 3.09. The van der Waals surface area contributed by atoms with E-state index in [1.54, 1.807) is 17.8 Å². The number of rotatable bonds is 6. The van der Waals surface area contributed by atoms with Gasteiger partial charge in [0.05, 0.1) is 0 Å². The third-order valence-corrected chi connectivity index (χ3v) is 8.24. The monoisotopic (exact) mass is 480 g/mol. The maximum atomic E-state index is 14.2. The molecule has 0 atom stereocenters. The fourth-order valence-corrected chi connectivity index (χ4v) is 6.60. The molecule has 0 saturated heterocycles. The van der Waals surface area contributed by atoms with E-state index in [-0.39, 0.29) is 11.6 Å². The fraction of sp³-hybridized carbons (Fsp3) is 0.133. The Kier molecular flexibility index (Phi) is 6.44. The Morgan fingerprint density at radius 2 is 1.21 bits per heavy atom. The van der Waals surface area contributed by atoms with Crippen LogP contribution in [0.4, 0.5) is 0 Å². The van der Waals surface area contributed by atoms with Crippen LogP contribution in [0.3, 0.4) is 0 Å². The second kappa shape index (κ2) is 9.65. The molecule has 0 radical (unpaired) electrons. The van der Waals surface area contributed by atoms with E-state index in [4.69, 9.17) is 0 Å². The number of carbonyl (C=O) groups is 2. The molecule has 0 aliphatic heterocycles. The zero-order valence-corrected chi connectivity index (χ0v) is 20.8. The van der Waals surface area contributed by atoms with Crippen LogP contribution in [0.2, 0.25) is 0 Å². The van der Waals surface area contributed by atoms with Crippen LogP contribution in [0.1, 0.15) is 56.8 Å². The zero-order valence-electron chi connectivity index (χ0n) is 19.1. The van der Waals surface area contributed by atoms with Crippen molar-refractivity contribution in [2.24, 2.45) is 0 Å². The number of fused-ring (bicyclic) bond motifs is 2. The highest BCUT2D eigenvalue weighted by Gasteiger charge is 2.36. The van der Waals surface area contributed by atoms with Crippen LogP contribution in [-0.2, 0) is 12.8 Å². The molecular formula is C30H24O2S2. The lowest BCUT2D eigenvalue weighted by molar-refractivity contribution is 0.0973. The molecular weight excluding hydrogens is 456 g/mol. The van der Waals surface area contributed by atoms with Gasteiger partial charge in [-0.3, -0.25) is 9.59 Å². The molecule has 4 aromatic rings. The number of aryl methyl sites for hydroxylation is 1. The van der Waals surface area contributed by atoms with Gasteiger partial charge >= 0.3 is 0 Å². The molecule has 0 unspecified atom stereocenters. The molecule has 4 heteroatoms. The van der Waals surface area contributed by atoms with Gasteiger partial charge in [0.15, 0.2) is 11.6 Å². The molecule has 2 nitrogen and oxygen atoms in total. The second-order valence-corrected chi connectivity index (χ2v) is 10.4. The molecule has 5 rings (SSSR count). The maximum Gasteiger partial charge on any atom is 0.196 e. The molecule has 168 valence electrons. The van der Waals surface area contributed by atoms with Crippen molar-refractivity contribution in [3.05, 3.63) is 118 Å². The van der Waals surface area contributed by atoms with Crippen LogP contribution in [-0.4, -0.2) is 11.6 Å². The van der Waals surface area contributed by atoms with Crippen LogP contribution >= 0.6 is 23.5 Å². The third kappa shape index (κ3) is 4.02. The zero-order chi connectivity index (χ0) is 23.7. The Labute approximate surface area is 208 Å². The number of benzene rings is 4. The lowest BCUT2D eigenvalue weighted by Gasteiger charge is -2.26. The van der Waals surface area contributed by atoms with Crippen molar-refractivity contribution in [3.63, 3.8) is 0 Å². The highest BCUT2D eigenvalue weighted by atomic mass is 32.2. The first-order valence-electron chi connectivity index (χ1n) is 11.5. The highest BCUT2D eigenvalue weighted by molar-refractivity contribution is 7.99. The standard InChI is InChI=1S/C30H24O2S2/c1-3-19-18-25(34-21-14-9-6-10-15-21)28-27(22(19)4-2)29(31)23-16-11-17-24(26(23)30(28)32)33-20-12-7-5-8-13-20/h5-18H,3-4H2,1-2H3. The Balaban J connectivity index is 1.71. The normalized spacial score (nSPS) is 12.4. The van der Waals surface area contributed by atoms with Crippen LogP contribution in [0.25, 0.3) is 0 Å². The Bertz CT molecular complexity index is 1390. The van der Waals surface area contributed by atoms with Gasteiger partial charge < -0.3 is 0 Å². The average molecular weight is 481 g/mol. The summed E-state index contributed by atoms with van der Waals surface area (Å²) in [5.41, 5.74) is 4.33. The fourth-order valence-electron chi connectivity index (χ4n) is 4.56. The Morgan fingerprint density at radius 3 is 1.79 bits per heavy atom. The van der Waals surface area contributed by atoms with Crippen molar-refractivity contribution in [1.29, 1.82) is 0 Å². The largest absolute Gasteiger partial charge is 0.289 e. The summed E-state index contributed by atoms with van der Waals surface area (Å²) in [6.45, 7) is 4.17. The highest BCUT2D eigenvalue weighted by Crippen LogP contribution is 2.43. The number of carbonyl (C=O) groups excluding carboxylic acids is 2. The van der Waals surface area contributed by atoms with E-state index in [0.717, 1.165) is 37.1 Å². The molecule has 34 heavy (non-hydrogen) atoms. The predicted octanol–water partition coefficient (Wildman–Crippen LogP) is 7.89. The van der Waals surface area contributed by atoms with Gasteiger partial charge in [0.2, 0.25) is 0 Å². The summed E-state index contributed by atoms with van der Waals surface area (Å²) in [5, 5.41) is 0. The molecule has 4 aromatic carbocycles. The van der Waals surface area contributed by atoms with E-state index < -0.39 is 0 Å². The van der Waals surface area contributed by atoms with Gasteiger partial charge in [0.25, 0.3) is 0 Å². The van der Waals surface area contributed by atoms with Crippen molar-refractivity contribution < 1.29 is 9.59 Å². The molecule has 0 amide bonds. The van der Waals surface area contributed by atoms with Crippen molar-refractivity contribution in [3.8, 4) is 0 Å². The summed E-state index contributed by atoms with van der Waals surface area (Å²) < 4.78 is 0. The molecule has 0 bridgehead atoms. The Morgan fingerprint density at radius 1 is 0.588 bits per heavy atom. The van der Waals surface area contributed by atoms with Crippen LogP contribution in [0.5, 0.6) is 0 Å². The molecule has 0 heterocycles. The SMILES string of the molecule is CCc1cc(Sc2ccccc2)c2c(c1CC)C(=O)c1cccc(Sc3ccccc3)c1C2=O. The molecule has 0 saturated carbocycles. The minimum Gasteiger partial charge on any atom is -0.289 e. The van der Waals surface area contributed by atoms with E-state index >= 15 is 0 Å². The lowest BCUT2D eigenvalue weighted by Crippen LogP contribution is -2.25.